The van der Waals surface area contributed by atoms with E-state index in [4.69, 9.17) is 14.5 Å². The molecule has 1 N–H and O–H groups in total. The van der Waals surface area contributed by atoms with Crippen molar-refractivity contribution in [1.29, 1.82) is 0 Å². The lowest BCUT2D eigenvalue weighted by Gasteiger charge is -2.41. The van der Waals surface area contributed by atoms with Gasteiger partial charge in [-0.25, -0.2) is 9.79 Å². The number of piperazine rings is 1. The van der Waals surface area contributed by atoms with Gasteiger partial charge in [0, 0.05) is 38.3 Å². The minimum absolute atomic E-state index is 0.0216. The molecular weight excluding hydrogens is 428 g/mol. The van der Waals surface area contributed by atoms with E-state index in [0.717, 1.165) is 28.4 Å². The van der Waals surface area contributed by atoms with E-state index < -0.39 is 0 Å². The van der Waals surface area contributed by atoms with Crippen LogP contribution in [0.1, 0.15) is 18.1 Å². The number of hydrogen-bond donors (Lipinski definition) is 1. The number of amides is 2. The molecule has 2 aliphatic rings. The van der Waals surface area contributed by atoms with Crippen LogP contribution in [0.5, 0.6) is 17.2 Å². The zero-order valence-electron chi connectivity index (χ0n) is 19.4. The van der Waals surface area contributed by atoms with Crippen LogP contribution in [0.15, 0.2) is 77.8 Å². The molecule has 2 heterocycles. The van der Waals surface area contributed by atoms with Gasteiger partial charge in [0.15, 0.2) is 5.75 Å². The highest BCUT2D eigenvalue weighted by Gasteiger charge is 2.31. The zero-order chi connectivity index (χ0) is 23.5. The summed E-state index contributed by atoms with van der Waals surface area (Å²) in [6.07, 6.45) is 0. The maximum absolute atomic E-state index is 12.9. The molecule has 0 spiro atoms. The molecule has 2 aliphatic heterocycles. The molecule has 0 unspecified atom stereocenters. The number of ether oxygens (including phenoxy) is 2. The average molecular weight is 457 g/mol. The maximum atomic E-state index is 12.9. The van der Waals surface area contributed by atoms with Crippen LogP contribution >= 0.6 is 0 Å². The fourth-order valence-electron chi connectivity index (χ4n) is 4.40. The van der Waals surface area contributed by atoms with Gasteiger partial charge in [-0.05, 0) is 36.8 Å². The van der Waals surface area contributed by atoms with Crippen LogP contribution in [0.4, 0.5) is 10.5 Å². The molecule has 3 aromatic carbocycles. The molecule has 1 saturated heterocycles. The Kier molecular flexibility index (Phi) is 6.08. The molecule has 0 saturated carbocycles. The number of aliphatic imine (C=N–C) groups is 1. The summed E-state index contributed by atoms with van der Waals surface area (Å²) < 4.78 is 11.6. The van der Waals surface area contributed by atoms with Crippen LogP contribution in [0, 0.1) is 0 Å². The van der Waals surface area contributed by atoms with Gasteiger partial charge in [0.1, 0.15) is 23.0 Å². The fourth-order valence-corrected chi connectivity index (χ4v) is 4.40. The molecule has 3 aromatic rings. The molecule has 7 nitrogen and oxygen atoms in total. The molecular formula is C27H28N4O3. The number of para-hydroxylation sites is 2. The van der Waals surface area contributed by atoms with E-state index in [0.29, 0.717) is 37.7 Å². The number of nitrogens with one attached hydrogen (secondary N) is 1. The molecule has 0 radical (unpaired) electrons. The summed E-state index contributed by atoms with van der Waals surface area (Å²) in [6, 6.07) is 23.5. The lowest BCUT2D eigenvalue weighted by molar-refractivity contribution is 0.134. The van der Waals surface area contributed by atoms with E-state index in [2.05, 4.69) is 17.1 Å². The van der Waals surface area contributed by atoms with Crippen molar-refractivity contribution in [3.05, 3.63) is 83.9 Å². The summed E-state index contributed by atoms with van der Waals surface area (Å²) in [6.45, 7) is 4.54. The third kappa shape index (κ3) is 4.41. The smallest absolute Gasteiger partial charge is 0.318 e. The van der Waals surface area contributed by atoms with Gasteiger partial charge < -0.3 is 24.6 Å². The van der Waals surface area contributed by atoms with Crippen LogP contribution in [-0.4, -0.2) is 54.5 Å². The second-order valence-electron chi connectivity index (χ2n) is 8.50. The highest BCUT2D eigenvalue weighted by atomic mass is 16.5. The zero-order valence-corrected chi connectivity index (χ0v) is 19.4. The van der Waals surface area contributed by atoms with Gasteiger partial charge in [-0.1, -0.05) is 42.5 Å². The number of hydrogen-bond acceptors (Lipinski definition) is 5. The van der Waals surface area contributed by atoms with E-state index in [9.17, 15) is 4.79 Å². The maximum Gasteiger partial charge on any atom is 0.318 e. The second-order valence-corrected chi connectivity index (χ2v) is 8.50. The van der Waals surface area contributed by atoms with Crippen molar-refractivity contribution in [3.63, 3.8) is 0 Å². The van der Waals surface area contributed by atoms with Gasteiger partial charge in [0.05, 0.1) is 12.7 Å². The first kappa shape index (κ1) is 21.8. The quantitative estimate of drug-likeness (QED) is 0.615. The van der Waals surface area contributed by atoms with Crippen molar-refractivity contribution in [2.24, 2.45) is 4.99 Å². The third-order valence-electron chi connectivity index (χ3n) is 6.22. The molecule has 1 atom stereocenters. The van der Waals surface area contributed by atoms with E-state index in [1.54, 1.807) is 7.11 Å². The summed E-state index contributed by atoms with van der Waals surface area (Å²) in [5, 5.41) is 3.05. The Bertz CT molecular complexity index is 1210. The van der Waals surface area contributed by atoms with Crippen molar-refractivity contribution in [1.82, 2.24) is 15.1 Å². The Morgan fingerprint density at radius 1 is 1.06 bits per heavy atom. The van der Waals surface area contributed by atoms with Crippen LogP contribution in [-0.2, 0) is 6.54 Å². The summed E-state index contributed by atoms with van der Waals surface area (Å²) in [4.78, 5) is 22.0. The van der Waals surface area contributed by atoms with E-state index in [1.807, 2.05) is 77.7 Å². The molecule has 0 aromatic heterocycles. The van der Waals surface area contributed by atoms with Gasteiger partial charge >= 0.3 is 6.03 Å². The SMILES string of the molecule is COc1ccc2c(c1)Oc1ccccc1N=C2N1CCN(C(=O)NCc2ccccc2)[C@@H](C)C1. The number of amidine groups is 1. The molecule has 174 valence electrons. The van der Waals surface area contributed by atoms with Gasteiger partial charge in [-0.2, -0.15) is 0 Å². The Labute approximate surface area is 199 Å². The lowest BCUT2D eigenvalue weighted by atomic mass is 10.1. The van der Waals surface area contributed by atoms with Crippen LogP contribution < -0.4 is 14.8 Å². The topological polar surface area (TPSA) is 66.4 Å². The summed E-state index contributed by atoms with van der Waals surface area (Å²) in [5.74, 6) is 2.99. The number of methoxy groups -OCH3 is 1. The van der Waals surface area contributed by atoms with Crippen molar-refractivity contribution in [2.45, 2.75) is 19.5 Å². The standard InChI is InChI=1S/C27H28N4O3/c1-19-18-30(14-15-31(19)27(32)28-17-20-8-4-3-5-9-20)26-22-13-12-21(33-2)16-25(22)34-24-11-7-6-10-23(24)29-26/h3-13,16,19H,14-15,17-18H2,1-2H3,(H,28,32)/t19-/m0/s1. The number of fused-ring (bicyclic) bond motifs is 2. The lowest BCUT2D eigenvalue weighted by Crippen LogP contribution is -2.57. The first-order valence-corrected chi connectivity index (χ1v) is 11.5. The minimum atomic E-state index is -0.0439. The largest absolute Gasteiger partial charge is 0.497 e. The van der Waals surface area contributed by atoms with Gasteiger partial charge in [0.2, 0.25) is 0 Å². The van der Waals surface area contributed by atoms with Crippen molar-refractivity contribution in [3.8, 4) is 17.2 Å². The molecule has 1 fully saturated rings. The number of rotatable bonds is 3. The predicted molar refractivity (Wildman–Crippen MR) is 132 cm³/mol. The normalized spacial score (nSPS) is 17.0. The summed E-state index contributed by atoms with van der Waals surface area (Å²) in [5.41, 5.74) is 2.77. The van der Waals surface area contributed by atoms with Crippen molar-refractivity contribution < 1.29 is 14.3 Å². The Morgan fingerprint density at radius 2 is 1.85 bits per heavy atom. The molecule has 0 bridgehead atoms. The Morgan fingerprint density at radius 3 is 2.65 bits per heavy atom. The highest BCUT2D eigenvalue weighted by molar-refractivity contribution is 6.04. The van der Waals surface area contributed by atoms with Gasteiger partial charge in [-0.3, -0.25) is 0 Å². The average Bonchev–Trinajstić information content (AvgIpc) is 3.04. The summed E-state index contributed by atoms with van der Waals surface area (Å²) in [7, 11) is 1.64. The molecule has 7 heteroatoms. The first-order valence-electron chi connectivity index (χ1n) is 11.5. The van der Waals surface area contributed by atoms with Crippen molar-refractivity contribution in [2.75, 3.05) is 26.7 Å². The highest BCUT2D eigenvalue weighted by Crippen LogP contribution is 2.39. The molecule has 34 heavy (non-hydrogen) atoms. The summed E-state index contributed by atoms with van der Waals surface area (Å²) >= 11 is 0. The Hall–Kier alpha value is -4.00. The van der Waals surface area contributed by atoms with Gasteiger partial charge in [0.25, 0.3) is 0 Å². The molecule has 0 aliphatic carbocycles. The first-order chi connectivity index (χ1) is 16.6. The number of benzene rings is 3. The predicted octanol–water partition coefficient (Wildman–Crippen LogP) is 4.80. The van der Waals surface area contributed by atoms with E-state index in [-0.39, 0.29) is 12.1 Å². The van der Waals surface area contributed by atoms with Crippen LogP contribution in [0.3, 0.4) is 0 Å². The molecule has 2 amide bonds. The number of nitrogens with zero attached hydrogens (tertiary/aromatic N) is 3. The van der Waals surface area contributed by atoms with E-state index in [1.165, 1.54) is 0 Å². The Balaban J connectivity index is 1.36. The van der Waals surface area contributed by atoms with Crippen LogP contribution in [0.25, 0.3) is 0 Å². The minimum Gasteiger partial charge on any atom is -0.497 e. The fraction of sp³-hybridized carbons (Fsp3) is 0.259. The second kappa shape index (κ2) is 9.47. The van der Waals surface area contributed by atoms with Crippen molar-refractivity contribution >= 4 is 17.6 Å². The third-order valence-corrected chi connectivity index (χ3v) is 6.22. The van der Waals surface area contributed by atoms with Crippen LogP contribution in [0.2, 0.25) is 0 Å². The molecule has 5 rings (SSSR count). The monoisotopic (exact) mass is 456 g/mol. The van der Waals surface area contributed by atoms with E-state index >= 15 is 0 Å². The number of urea groups is 1. The number of carbonyl (C=O) groups excluding carboxylic acids is 1. The number of carbonyl (C=O) groups is 1. The van der Waals surface area contributed by atoms with Gasteiger partial charge in [-0.15, -0.1) is 0 Å².